The predicted octanol–water partition coefficient (Wildman–Crippen LogP) is 3.62. The first-order valence-electron chi connectivity index (χ1n) is 8.86. The summed E-state index contributed by atoms with van der Waals surface area (Å²) in [5.74, 6) is 2.03. The van der Waals surface area contributed by atoms with Crippen LogP contribution in [0.1, 0.15) is 33.5 Å². The Morgan fingerprint density at radius 3 is 2.59 bits per heavy atom. The van der Waals surface area contributed by atoms with E-state index in [1.807, 2.05) is 38.1 Å². The summed E-state index contributed by atoms with van der Waals surface area (Å²) in [4.78, 5) is 20.6. The molecule has 9 heteroatoms. The van der Waals surface area contributed by atoms with Gasteiger partial charge in [0.1, 0.15) is 5.76 Å². The molecular formula is C20H24IN5O3. The molecule has 0 saturated heterocycles. The van der Waals surface area contributed by atoms with Crippen LogP contribution in [0, 0.1) is 13.8 Å². The van der Waals surface area contributed by atoms with E-state index in [9.17, 15) is 4.79 Å². The van der Waals surface area contributed by atoms with Crippen molar-refractivity contribution in [2.24, 2.45) is 4.99 Å². The van der Waals surface area contributed by atoms with Crippen LogP contribution >= 0.6 is 24.0 Å². The molecule has 29 heavy (non-hydrogen) atoms. The fraction of sp³-hybridized carbons (Fsp3) is 0.250. The number of nitrogens with one attached hydrogen (secondary N) is 3. The minimum Gasteiger partial charge on any atom is -0.459 e. The van der Waals surface area contributed by atoms with Crippen LogP contribution in [-0.2, 0) is 13.1 Å². The van der Waals surface area contributed by atoms with E-state index in [0.717, 1.165) is 17.0 Å². The summed E-state index contributed by atoms with van der Waals surface area (Å²) < 4.78 is 10.7. The van der Waals surface area contributed by atoms with Gasteiger partial charge in [-0.05, 0) is 43.7 Å². The van der Waals surface area contributed by atoms with Crippen LogP contribution in [0.4, 0.5) is 5.69 Å². The third-order valence-electron chi connectivity index (χ3n) is 4.09. The van der Waals surface area contributed by atoms with Gasteiger partial charge in [0, 0.05) is 19.3 Å². The summed E-state index contributed by atoms with van der Waals surface area (Å²) in [6, 6.07) is 10.8. The third kappa shape index (κ3) is 6.34. The summed E-state index contributed by atoms with van der Waals surface area (Å²) in [5, 5.41) is 9.20. The van der Waals surface area contributed by atoms with Crippen LogP contribution in [0.5, 0.6) is 0 Å². The normalized spacial score (nSPS) is 10.9. The smallest absolute Gasteiger partial charge is 0.291 e. The highest BCUT2D eigenvalue weighted by Gasteiger charge is 2.09. The SMILES string of the molecule is CN=C(NCc1cccc(NC(=O)c2ccco2)c1)NCc1nc(C)c(C)o1.I. The van der Waals surface area contributed by atoms with Crippen LogP contribution in [0.25, 0.3) is 0 Å². The Labute approximate surface area is 186 Å². The van der Waals surface area contributed by atoms with Crippen molar-refractivity contribution in [3.05, 3.63) is 71.3 Å². The van der Waals surface area contributed by atoms with Crippen LogP contribution in [0.3, 0.4) is 0 Å². The van der Waals surface area contributed by atoms with Gasteiger partial charge in [-0.25, -0.2) is 4.98 Å². The number of furan rings is 1. The maximum Gasteiger partial charge on any atom is 0.291 e. The summed E-state index contributed by atoms with van der Waals surface area (Å²) in [6.07, 6.45) is 1.47. The lowest BCUT2D eigenvalue weighted by molar-refractivity contribution is 0.0996. The van der Waals surface area contributed by atoms with E-state index in [1.165, 1.54) is 6.26 Å². The fourth-order valence-corrected chi connectivity index (χ4v) is 2.54. The second-order valence-corrected chi connectivity index (χ2v) is 6.16. The second kappa shape index (κ2) is 10.6. The molecule has 0 spiro atoms. The van der Waals surface area contributed by atoms with Gasteiger partial charge >= 0.3 is 0 Å². The fourth-order valence-electron chi connectivity index (χ4n) is 2.54. The Morgan fingerprint density at radius 2 is 1.93 bits per heavy atom. The van der Waals surface area contributed by atoms with Gasteiger partial charge in [-0.2, -0.15) is 0 Å². The van der Waals surface area contributed by atoms with Crippen LogP contribution in [-0.4, -0.2) is 23.9 Å². The van der Waals surface area contributed by atoms with Gasteiger partial charge in [0.2, 0.25) is 5.89 Å². The molecule has 0 bridgehead atoms. The van der Waals surface area contributed by atoms with E-state index in [0.29, 0.717) is 30.6 Å². The van der Waals surface area contributed by atoms with Gasteiger partial charge in [-0.15, -0.1) is 24.0 Å². The van der Waals surface area contributed by atoms with Gasteiger partial charge in [0.15, 0.2) is 11.7 Å². The van der Waals surface area contributed by atoms with Crippen molar-refractivity contribution in [1.29, 1.82) is 0 Å². The van der Waals surface area contributed by atoms with Crippen molar-refractivity contribution in [2.45, 2.75) is 26.9 Å². The van der Waals surface area contributed by atoms with Gasteiger partial charge in [0.25, 0.3) is 5.91 Å². The number of hydrogen-bond acceptors (Lipinski definition) is 5. The molecule has 1 amide bonds. The molecule has 154 valence electrons. The van der Waals surface area contributed by atoms with E-state index in [2.05, 4.69) is 25.9 Å². The standard InChI is InChI=1S/C20H23N5O3.HI/c1-13-14(2)28-18(24-13)12-23-20(21-3)22-11-15-6-4-7-16(10-15)25-19(26)17-8-5-9-27-17;/h4-10H,11-12H2,1-3H3,(H,25,26)(H2,21,22,23);1H. The maximum atomic E-state index is 12.1. The van der Waals surface area contributed by atoms with Gasteiger partial charge in [0.05, 0.1) is 18.5 Å². The highest BCUT2D eigenvalue weighted by molar-refractivity contribution is 14.0. The molecule has 0 atom stereocenters. The first-order valence-corrected chi connectivity index (χ1v) is 8.86. The molecule has 0 aliphatic heterocycles. The molecule has 3 N–H and O–H groups in total. The Morgan fingerprint density at radius 1 is 1.14 bits per heavy atom. The first-order chi connectivity index (χ1) is 13.5. The molecule has 1 aromatic carbocycles. The number of carbonyl (C=O) groups is 1. The van der Waals surface area contributed by atoms with E-state index >= 15 is 0 Å². The quantitative estimate of drug-likeness (QED) is 0.267. The van der Waals surface area contributed by atoms with Gasteiger partial charge in [-0.3, -0.25) is 9.79 Å². The number of amides is 1. The molecule has 8 nitrogen and oxygen atoms in total. The van der Waals surface area contributed by atoms with Crippen molar-refractivity contribution in [1.82, 2.24) is 15.6 Å². The van der Waals surface area contributed by atoms with E-state index in [4.69, 9.17) is 8.83 Å². The maximum absolute atomic E-state index is 12.1. The number of aryl methyl sites for hydroxylation is 2. The molecule has 2 heterocycles. The molecule has 0 unspecified atom stereocenters. The molecule has 0 aliphatic carbocycles. The number of halogens is 1. The van der Waals surface area contributed by atoms with Crippen molar-refractivity contribution >= 4 is 41.5 Å². The average Bonchev–Trinajstić information content (AvgIpc) is 3.33. The summed E-state index contributed by atoms with van der Waals surface area (Å²) in [7, 11) is 1.70. The Kier molecular flexibility index (Phi) is 8.25. The van der Waals surface area contributed by atoms with Crippen molar-refractivity contribution in [3.63, 3.8) is 0 Å². The highest BCUT2D eigenvalue weighted by Crippen LogP contribution is 2.13. The summed E-state index contributed by atoms with van der Waals surface area (Å²) >= 11 is 0. The number of aliphatic imine (C=N–C) groups is 1. The number of oxazole rings is 1. The lowest BCUT2D eigenvalue weighted by Gasteiger charge is -2.11. The lowest BCUT2D eigenvalue weighted by Crippen LogP contribution is -2.36. The molecule has 0 aliphatic rings. The Bertz CT molecular complexity index is 947. The monoisotopic (exact) mass is 509 g/mol. The zero-order valence-corrected chi connectivity index (χ0v) is 18.8. The molecule has 3 rings (SSSR count). The first kappa shape index (κ1) is 22.5. The molecule has 0 fully saturated rings. The van der Waals surface area contributed by atoms with Gasteiger partial charge in [-0.1, -0.05) is 12.1 Å². The zero-order chi connectivity index (χ0) is 19.9. The topological polar surface area (TPSA) is 105 Å². The Hall–Kier alpha value is -2.82. The zero-order valence-electron chi connectivity index (χ0n) is 16.5. The number of benzene rings is 1. The van der Waals surface area contributed by atoms with Crippen LogP contribution in [0.2, 0.25) is 0 Å². The molecule has 3 aromatic rings. The third-order valence-corrected chi connectivity index (χ3v) is 4.09. The van der Waals surface area contributed by atoms with Crippen molar-refractivity contribution in [2.75, 3.05) is 12.4 Å². The number of carbonyl (C=O) groups excluding carboxylic acids is 1. The number of anilines is 1. The number of hydrogen-bond donors (Lipinski definition) is 3. The number of nitrogens with zero attached hydrogens (tertiary/aromatic N) is 2. The number of guanidine groups is 1. The lowest BCUT2D eigenvalue weighted by atomic mass is 10.2. The minimum absolute atomic E-state index is 0. The molecule has 2 aromatic heterocycles. The predicted molar refractivity (Wildman–Crippen MR) is 122 cm³/mol. The molecule has 0 saturated carbocycles. The average molecular weight is 509 g/mol. The van der Waals surface area contributed by atoms with Crippen LogP contribution in [0.15, 0.2) is 56.5 Å². The molecular weight excluding hydrogens is 485 g/mol. The minimum atomic E-state index is -0.288. The van der Waals surface area contributed by atoms with Gasteiger partial charge < -0.3 is 24.8 Å². The van der Waals surface area contributed by atoms with E-state index in [-0.39, 0.29) is 35.6 Å². The largest absolute Gasteiger partial charge is 0.459 e. The van der Waals surface area contributed by atoms with Crippen molar-refractivity contribution in [3.8, 4) is 0 Å². The van der Waals surface area contributed by atoms with Crippen molar-refractivity contribution < 1.29 is 13.6 Å². The summed E-state index contributed by atoms with van der Waals surface area (Å²) in [6.45, 7) is 4.77. The van der Waals surface area contributed by atoms with Crippen LogP contribution < -0.4 is 16.0 Å². The Balaban J connectivity index is 0.00000300. The number of aromatic nitrogens is 1. The summed E-state index contributed by atoms with van der Waals surface area (Å²) in [5.41, 5.74) is 2.56. The highest BCUT2D eigenvalue weighted by atomic mass is 127. The number of rotatable bonds is 6. The van der Waals surface area contributed by atoms with E-state index in [1.54, 1.807) is 19.2 Å². The second-order valence-electron chi connectivity index (χ2n) is 6.16. The molecule has 0 radical (unpaired) electrons. The van der Waals surface area contributed by atoms with E-state index < -0.39 is 0 Å².